The maximum absolute atomic E-state index is 11.0. The molecule has 0 heterocycles. The zero-order valence-corrected chi connectivity index (χ0v) is 7.50. The molecule has 12 heavy (non-hydrogen) atoms. The molecule has 0 bridgehead atoms. The van der Waals surface area contributed by atoms with Gasteiger partial charge in [0.15, 0.2) is 0 Å². The number of ketones is 1. The summed E-state index contributed by atoms with van der Waals surface area (Å²) in [6, 6.07) is 0. The average molecular weight is 188 g/mol. The minimum atomic E-state index is -2.40. The van der Waals surface area contributed by atoms with Crippen molar-refractivity contribution >= 4 is 27.7 Å². The summed E-state index contributed by atoms with van der Waals surface area (Å²) in [5.41, 5.74) is 6.86. The van der Waals surface area contributed by atoms with Gasteiger partial charge in [-0.15, -0.1) is 0 Å². The normalized spacial score (nSPS) is 9.83. The molecule has 6 heteroatoms. The molecule has 0 aliphatic heterocycles. The Morgan fingerprint density at radius 3 is 2.33 bits per heavy atom. The second-order valence-electron chi connectivity index (χ2n) is 2.71. The van der Waals surface area contributed by atoms with E-state index in [-0.39, 0.29) is 0 Å². The zero-order chi connectivity index (χ0) is 9.78. The van der Waals surface area contributed by atoms with Crippen LogP contribution in [-0.2, 0) is 15.1 Å². The topological polar surface area (TPSA) is 87.6 Å². The van der Waals surface area contributed by atoms with Crippen molar-refractivity contribution in [3.8, 4) is 0 Å². The molecule has 0 aliphatic carbocycles. The van der Waals surface area contributed by atoms with Crippen molar-refractivity contribution in [2.45, 2.75) is 13.8 Å². The van der Waals surface area contributed by atoms with E-state index in [1.54, 1.807) is 0 Å². The molecule has 0 radical (unpaired) electrons. The van der Waals surface area contributed by atoms with Gasteiger partial charge in [-0.05, 0) is 13.8 Å². The van der Waals surface area contributed by atoms with Crippen molar-refractivity contribution in [2.24, 2.45) is 5.41 Å². The summed E-state index contributed by atoms with van der Waals surface area (Å²) in [6.45, 7) is 2.82. The Hall–Kier alpha value is -1.26. The van der Waals surface area contributed by atoms with E-state index in [1.165, 1.54) is 13.8 Å². The highest BCUT2D eigenvalue weighted by molar-refractivity contribution is 7.71. The largest absolute Gasteiger partial charge is 0.361 e. The lowest BCUT2D eigenvalue weighted by atomic mass is 9.91. The first-order valence-corrected chi connectivity index (χ1v) is 4.20. The van der Waals surface area contributed by atoms with Crippen LogP contribution in [0.15, 0.2) is 0 Å². The van der Waals surface area contributed by atoms with Crippen molar-refractivity contribution in [3.63, 3.8) is 0 Å². The molecular weight excluding hydrogens is 180 g/mol. The molecule has 0 saturated heterocycles. The fourth-order valence-electron chi connectivity index (χ4n) is 0.517. The fourth-order valence-corrected chi connectivity index (χ4v) is 1.11. The van der Waals surface area contributed by atoms with Gasteiger partial charge in [0, 0.05) is 5.37 Å². The van der Waals surface area contributed by atoms with Crippen LogP contribution < -0.4 is 0 Å². The number of nitrogens with zero attached hydrogens (tertiary/aromatic N) is 2. The van der Waals surface area contributed by atoms with Crippen LogP contribution in [0.3, 0.4) is 0 Å². The number of hydrogen-bond acceptors (Lipinski definition) is 3. The van der Waals surface area contributed by atoms with Gasteiger partial charge in [0.2, 0.25) is 16.1 Å². The zero-order valence-electron chi connectivity index (χ0n) is 6.68. The number of rotatable bonds is 3. The van der Waals surface area contributed by atoms with Crippen molar-refractivity contribution in [3.05, 3.63) is 5.53 Å². The number of carbonyl (C=O) groups is 1. The van der Waals surface area contributed by atoms with Gasteiger partial charge in [0.1, 0.15) is 0 Å². The quantitative estimate of drug-likeness (QED) is 0.260. The van der Waals surface area contributed by atoms with E-state index >= 15 is 0 Å². The second-order valence-corrected chi connectivity index (χ2v) is 3.47. The van der Waals surface area contributed by atoms with Gasteiger partial charge in [-0.1, -0.05) is 0 Å². The van der Waals surface area contributed by atoms with Gasteiger partial charge in [-0.3, -0.25) is 4.79 Å². The van der Waals surface area contributed by atoms with Crippen molar-refractivity contribution in [1.82, 2.24) is 0 Å². The van der Waals surface area contributed by atoms with Crippen molar-refractivity contribution in [2.75, 3.05) is 0 Å². The van der Waals surface area contributed by atoms with Crippen LogP contribution in [0.25, 0.3) is 5.53 Å². The third kappa shape index (κ3) is 3.23. The van der Waals surface area contributed by atoms with Crippen LogP contribution in [0.4, 0.5) is 0 Å². The van der Waals surface area contributed by atoms with Crippen LogP contribution >= 0.6 is 0 Å². The molecule has 0 saturated carbocycles. The highest BCUT2D eigenvalue weighted by atomic mass is 32.2. The summed E-state index contributed by atoms with van der Waals surface area (Å²) in [6.07, 6.45) is 0.670. The van der Waals surface area contributed by atoms with E-state index in [2.05, 4.69) is 4.79 Å². The fraction of sp³-hybridized carbons (Fsp3) is 0.500. The minimum absolute atomic E-state index is 0.575. The minimum Gasteiger partial charge on any atom is -0.361 e. The molecular formula is C6H8N2O3S. The maximum Gasteiger partial charge on any atom is 0.324 e. The van der Waals surface area contributed by atoms with E-state index < -0.39 is 21.5 Å². The smallest absolute Gasteiger partial charge is 0.324 e. The Morgan fingerprint density at radius 2 is 2.00 bits per heavy atom. The average Bonchev–Trinajstić information content (AvgIpc) is 1.85. The first kappa shape index (κ1) is 10.7. The summed E-state index contributed by atoms with van der Waals surface area (Å²) in [5, 5.41) is 0.844. The molecule has 0 unspecified atom stereocenters. The lowest BCUT2D eigenvalue weighted by Gasteiger charge is -2.08. The SMILES string of the molecule is CC(C)(C=S(=O)=O)C(=O)C=[N+]=[N-]. The monoisotopic (exact) mass is 188 g/mol. The van der Waals surface area contributed by atoms with Crippen molar-refractivity contribution < 1.29 is 18.0 Å². The highest BCUT2D eigenvalue weighted by Gasteiger charge is 2.27. The third-order valence-electron chi connectivity index (χ3n) is 1.20. The summed E-state index contributed by atoms with van der Waals surface area (Å²) in [7, 11) is -2.40. The van der Waals surface area contributed by atoms with Gasteiger partial charge in [-0.25, -0.2) is 0 Å². The van der Waals surface area contributed by atoms with Crippen LogP contribution in [0, 0.1) is 5.41 Å². The van der Waals surface area contributed by atoms with E-state index in [0.717, 1.165) is 5.37 Å². The molecule has 0 rings (SSSR count). The lowest BCUT2D eigenvalue weighted by Crippen LogP contribution is -2.27. The van der Waals surface area contributed by atoms with Gasteiger partial charge in [0.25, 0.3) is 0 Å². The van der Waals surface area contributed by atoms with Crippen molar-refractivity contribution in [1.29, 1.82) is 0 Å². The molecule has 0 N–H and O–H groups in total. The molecule has 66 valence electrons. The second kappa shape index (κ2) is 3.94. The lowest BCUT2D eigenvalue weighted by molar-refractivity contribution is -0.120. The number of carbonyl (C=O) groups excluding carboxylic acids is 1. The van der Waals surface area contributed by atoms with Crippen LogP contribution in [0.5, 0.6) is 0 Å². The van der Waals surface area contributed by atoms with E-state index in [0.29, 0.717) is 6.21 Å². The summed E-state index contributed by atoms with van der Waals surface area (Å²) in [4.78, 5) is 13.5. The van der Waals surface area contributed by atoms with Crippen LogP contribution in [-0.4, -0.2) is 30.6 Å². The van der Waals surface area contributed by atoms with E-state index in [9.17, 15) is 13.2 Å². The molecule has 0 atom stereocenters. The summed E-state index contributed by atoms with van der Waals surface area (Å²) in [5.74, 6) is -0.575. The molecule has 0 amide bonds. The van der Waals surface area contributed by atoms with Gasteiger partial charge in [-0.2, -0.15) is 13.2 Å². The van der Waals surface area contributed by atoms with Gasteiger partial charge < -0.3 is 5.53 Å². The Balaban J connectivity index is 4.98. The molecule has 0 aromatic rings. The molecule has 0 aromatic carbocycles. The predicted molar refractivity (Wildman–Crippen MR) is 43.5 cm³/mol. The Kier molecular flexibility index (Phi) is 3.53. The highest BCUT2D eigenvalue weighted by Crippen LogP contribution is 2.10. The number of Topliss-reactive ketones (excluding diaryl/α,β-unsaturated/α-hetero) is 1. The summed E-state index contributed by atoms with van der Waals surface area (Å²) < 4.78 is 20.4. The van der Waals surface area contributed by atoms with Crippen LogP contribution in [0.2, 0.25) is 0 Å². The predicted octanol–water partition coefficient (Wildman–Crippen LogP) is -0.436. The molecule has 5 nitrogen and oxygen atoms in total. The first-order chi connectivity index (χ1) is 5.40. The maximum atomic E-state index is 11.0. The Labute approximate surface area is 71.2 Å². The standard InChI is InChI=1S/C6H8N2O3S/c1-6(2,4-12(10)11)5(9)3-8-7/h3-4H,1-2H3. The molecule has 0 aliphatic rings. The first-order valence-electron chi connectivity index (χ1n) is 3.06. The van der Waals surface area contributed by atoms with Gasteiger partial charge in [0.05, 0.1) is 5.41 Å². The Morgan fingerprint density at radius 1 is 1.50 bits per heavy atom. The Bertz CT molecular complexity index is 352. The van der Waals surface area contributed by atoms with Crippen LogP contribution in [0.1, 0.15) is 13.8 Å². The third-order valence-corrected chi connectivity index (χ3v) is 1.98. The van der Waals surface area contributed by atoms with E-state index in [1.807, 2.05) is 0 Å². The molecule has 0 spiro atoms. The van der Waals surface area contributed by atoms with E-state index in [4.69, 9.17) is 5.53 Å². The number of hydrogen-bond donors (Lipinski definition) is 0. The molecule has 0 fully saturated rings. The summed E-state index contributed by atoms with van der Waals surface area (Å²) >= 11 is 0. The van der Waals surface area contributed by atoms with Gasteiger partial charge >= 0.3 is 6.21 Å². The molecule has 0 aromatic heterocycles.